The smallest absolute Gasteiger partial charge is 0.240 e. The van der Waals surface area contributed by atoms with Crippen LogP contribution in [0.3, 0.4) is 0 Å². The number of benzene rings is 4. The zero-order valence-electron chi connectivity index (χ0n) is 48.7. The number of phenols is 4. The fourth-order valence-electron chi connectivity index (χ4n) is 12.5. The number of unbranched alkanes of at least 4 members (excludes halogenated alkanes) is 1. The van der Waals surface area contributed by atoms with E-state index in [1.165, 1.54) is 64.5 Å². The van der Waals surface area contributed by atoms with Gasteiger partial charge in [-0.1, -0.05) is 24.3 Å². The molecule has 2 fully saturated rings. The van der Waals surface area contributed by atoms with Gasteiger partial charge in [0.1, 0.15) is 45.7 Å². The number of halogens is 2. The number of aliphatic hydroxyl groups excluding tert-OH is 2. The Kier molecular flexibility index (Phi) is 19.5. The summed E-state index contributed by atoms with van der Waals surface area (Å²) < 4.78 is 35.2. The van der Waals surface area contributed by atoms with E-state index in [1.807, 2.05) is 0 Å². The number of nitrogens with one attached hydrogen (secondary N) is 2. The highest BCUT2D eigenvalue weighted by molar-refractivity contribution is 6.32. The Morgan fingerprint density at radius 2 is 0.943 bits per heavy atom. The van der Waals surface area contributed by atoms with Crippen molar-refractivity contribution in [3.05, 3.63) is 103 Å². The highest BCUT2D eigenvalue weighted by Gasteiger charge is 2.52. The fraction of sp³-hybridized carbons (Fsp3) is 0.467. The average molecular weight is 1270 g/mol. The summed E-state index contributed by atoms with van der Waals surface area (Å²) in [7, 11) is 2.62. The van der Waals surface area contributed by atoms with Crippen molar-refractivity contribution in [1.29, 1.82) is 0 Å². The first-order chi connectivity index (χ1) is 40.7. The molecule has 88 heavy (non-hydrogen) atoms. The van der Waals surface area contributed by atoms with Crippen molar-refractivity contribution in [3.8, 4) is 34.5 Å². The quantitative estimate of drug-likeness (QED) is 0.0304. The Bertz CT molecular complexity index is 3330. The zero-order chi connectivity index (χ0) is 62.2. The van der Waals surface area contributed by atoms with Gasteiger partial charge in [-0.15, -0.1) is 24.8 Å². The normalized spacial score (nSPS) is 28.1. The largest absolute Gasteiger partial charge is 0.507 e. The van der Waals surface area contributed by atoms with Crippen LogP contribution in [0.5, 0.6) is 34.5 Å². The number of aromatic hydroxyl groups is 4. The molecule has 0 radical (unpaired) electrons. The van der Waals surface area contributed by atoms with Crippen LogP contribution >= 0.6 is 24.8 Å². The van der Waals surface area contributed by atoms with Crippen molar-refractivity contribution < 1.29 is 98.0 Å². The van der Waals surface area contributed by atoms with E-state index < -0.39 is 166 Å². The molecule has 2 heterocycles. The van der Waals surface area contributed by atoms with Crippen LogP contribution in [0.4, 0.5) is 0 Å². The molecule has 474 valence electrons. The van der Waals surface area contributed by atoms with Crippen LogP contribution in [0.25, 0.3) is 0 Å². The van der Waals surface area contributed by atoms with Crippen LogP contribution in [-0.4, -0.2) is 162 Å². The van der Waals surface area contributed by atoms with E-state index >= 15 is 0 Å². The number of ether oxygens (including phenoxy) is 6. The lowest BCUT2D eigenvalue weighted by atomic mass is 9.71. The standard InChI is InChI=1S/C60H68N6O20.2ClH/c1-23-49(69)31(61)17-39(83-23)85-35-21-59(79,19-29-43(35)57(77)47-45(53(29)73)51(71)27-11-9-13-33(81-5)41(27)55(47)75)25(3)63-65-37(67)15-7-8-16-38(68)66-64-26(4)60(80)20-30-44(36(22-60)86-40-18-32(62)50(70)24(2)84-40)58(78)48-46(54(30)74)52(72)28-12-10-14-34(82-6)42(28)56(48)76;;/h9-14,23-24,31-32,35-36,39-40,49-50,69-70,73-74,77-80H,7-8,15-22,61-62H2,1-6H3,(H,65,67)(H,66,68);2*1H. The zero-order valence-corrected chi connectivity index (χ0v) is 50.3. The van der Waals surface area contributed by atoms with Crippen molar-refractivity contribution in [2.75, 3.05) is 14.2 Å². The van der Waals surface area contributed by atoms with Crippen LogP contribution in [-0.2, 0) is 41.4 Å². The summed E-state index contributed by atoms with van der Waals surface area (Å²) in [6.07, 6.45) is -10.5. The molecule has 4 aliphatic carbocycles. The lowest BCUT2D eigenvalue weighted by Gasteiger charge is -2.42. The third-order valence-corrected chi connectivity index (χ3v) is 17.4. The molecule has 14 N–H and O–H groups in total. The van der Waals surface area contributed by atoms with Crippen LogP contribution < -0.4 is 31.8 Å². The van der Waals surface area contributed by atoms with Crippen LogP contribution in [0.15, 0.2) is 46.6 Å². The van der Waals surface area contributed by atoms with Crippen molar-refractivity contribution in [2.45, 2.75) is 164 Å². The van der Waals surface area contributed by atoms with E-state index in [0.29, 0.717) is 0 Å². The maximum Gasteiger partial charge on any atom is 0.240 e. The second-order valence-corrected chi connectivity index (χ2v) is 22.8. The Balaban J connectivity index is 0.00000501. The number of carbonyl (C=O) groups excluding carboxylic acids is 6. The maximum absolute atomic E-state index is 14.1. The minimum atomic E-state index is -2.04. The summed E-state index contributed by atoms with van der Waals surface area (Å²) in [4.78, 5) is 82.9. The summed E-state index contributed by atoms with van der Waals surface area (Å²) in [6, 6.07) is 7.08. The third-order valence-electron chi connectivity index (χ3n) is 17.4. The number of ketones is 4. The van der Waals surface area contributed by atoms with Gasteiger partial charge >= 0.3 is 0 Å². The Morgan fingerprint density at radius 3 is 1.28 bits per heavy atom. The van der Waals surface area contributed by atoms with Gasteiger partial charge in [-0.25, -0.2) is 10.9 Å². The Morgan fingerprint density at radius 1 is 0.591 bits per heavy atom. The summed E-state index contributed by atoms with van der Waals surface area (Å²) in [5, 5.41) is 102. The first-order valence-electron chi connectivity index (χ1n) is 28.1. The average Bonchev–Trinajstić information content (AvgIpc) is 0.778. The summed E-state index contributed by atoms with van der Waals surface area (Å²) in [5.74, 6) is -7.09. The van der Waals surface area contributed by atoms with Gasteiger partial charge in [0.2, 0.25) is 23.4 Å². The Hall–Kier alpha value is -7.18. The Labute approximate surface area is 516 Å². The molecule has 2 saturated heterocycles. The van der Waals surface area contributed by atoms with E-state index in [4.69, 9.17) is 39.9 Å². The molecule has 28 heteroatoms. The van der Waals surface area contributed by atoms with Gasteiger partial charge < -0.3 is 80.7 Å². The van der Waals surface area contributed by atoms with E-state index in [2.05, 4.69) is 21.1 Å². The van der Waals surface area contributed by atoms with Gasteiger partial charge in [-0.05, 0) is 52.7 Å². The molecule has 26 nitrogen and oxygen atoms in total. The van der Waals surface area contributed by atoms with Crippen LogP contribution in [0.2, 0.25) is 0 Å². The number of hydrogen-bond donors (Lipinski definition) is 12. The maximum atomic E-state index is 14.1. The molecular formula is C60H70Cl2N6O20. The molecule has 0 spiro atoms. The molecule has 0 bridgehead atoms. The number of aliphatic hydroxyl groups is 4. The summed E-state index contributed by atoms with van der Waals surface area (Å²) >= 11 is 0. The number of fused-ring (bicyclic) bond motifs is 6. The second-order valence-electron chi connectivity index (χ2n) is 22.8. The molecule has 6 aliphatic rings. The van der Waals surface area contributed by atoms with Gasteiger partial charge in [-0.3, -0.25) is 28.8 Å². The molecule has 2 amide bonds. The molecule has 12 unspecified atom stereocenters. The second kappa shape index (κ2) is 25.7. The third kappa shape index (κ3) is 11.7. The topological polar surface area (TPSA) is 420 Å². The number of rotatable bonds is 15. The number of carbonyl (C=O) groups is 6. The van der Waals surface area contributed by atoms with E-state index in [-0.39, 0.29) is 144 Å². The number of methoxy groups -OCH3 is 2. The van der Waals surface area contributed by atoms with Gasteiger partial charge in [0.15, 0.2) is 24.1 Å². The first-order valence-corrected chi connectivity index (χ1v) is 28.1. The van der Waals surface area contributed by atoms with Crippen molar-refractivity contribution in [1.82, 2.24) is 10.9 Å². The molecule has 4 aromatic carbocycles. The highest BCUT2D eigenvalue weighted by atomic mass is 35.5. The molecular weight excluding hydrogens is 1200 g/mol. The van der Waals surface area contributed by atoms with E-state index in [0.717, 1.165) is 0 Å². The SMILES string of the molecule is COc1cccc2c1C(=O)c1c(O)c3c(c(O)c1C2=O)CC(O)(C(C)=NNC(=O)CCCCC(=O)NN=C(C)C1(O)Cc2c(O)c4c(c(O)c2C(OC2CC(N)C(O)C(C)O2)C1)C(=O)c1c(OC)cccc1C4=O)CC3OC1CC(N)C(O)C(C)O1.Cl.Cl. The lowest BCUT2D eigenvalue weighted by molar-refractivity contribution is -0.246. The molecule has 4 aromatic rings. The first kappa shape index (κ1) is 66.8. The lowest BCUT2D eigenvalue weighted by Crippen LogP contribution is -2.52. The molecule has 0 saturated carbocycles. The summed E-state index contributed by atoms with van der Waals surface area (Å²) in [6.45, 7) is 5.95. The number of nitrogens with two attached hydrogens (primary N) is 2. The van der Waals surface area contributed by atoms with Crippen LogP contribution in [0, 0.1) is 0 Å². The molecule has 12 atom stereocenters. The highest BCUT2D eigenvalue weighted by Crippen LogP contribution is 2.55. The van der Waals surface area contributed by atoms with E-state index in [9.17, 15) is 69.6 Å². The minimum Gasteiger partial charge on any atom is -0.507 e. The van der Waals surface area contributed by atoms with Crippen LogP contribution in [0.1, 0.15) is 177 Å². The number of hydrazone groups is 2. The number of nitrogens with zero attached hydrogens (tertiary/aromatic N) is 2. The van der Waals surface area contributed by atoms with Gasteiger partial charge in [0.05, 0.1) is 95.6 Å². The fourth-order valence-corrected chi connectivity index (χ4v) is 12.5. The number of hydrogen-bond acceptors (Lipinski definition) is 24. The monoisotopic (exact) mass is 1260 g/mol. The van der Waals surface area contributed by atoms with Gasteiger partial charge in [0.25, 0.3) is 0 Å². The molecule has 0 aromatic heterocycles. The van der Waals surface area contributed by atoms with E-state index in [1.54, 1.807) is 13.8 Å². The van der Waals surface area contributed by atoms with Crippen molar-refractivity contribution >= 4 is 71.2 Å². The number of amides is 2. The predicted octanol–water partition coefficient (Wildman–Crippen LogP) is 3.28. The summed E-state index contributed by atoms with van der Waals surface area (Å²) in [5.41, 5.74) is 10.0. The molecule has 10 rings (SSSR count). The number of phenolic OH excluding ortho intramolecular Hbond substituents is 4. The van der Waals surface area contributed by atoms with Gasteiger partial charge in [-0.2, -0.15) is 10.2 Å². The minimum absolute atomic E-state index is 0. The predicted molar refractivity (Wildman–Crippen MR) is 315 cm³/mol. The van der Waals surface area contributed by atoms with Crippen molar-refractivity contribution in [2.24, 2.45) is 21.7 Å². The molecule has 2 aliphatic heterocycles. The van der Waals surface area contributed by atoms with Crippen molar-refractivity contribution in [3.63, 3.8) is 0 Å². The van der Waals surface area contributed by atoms with Gasteiger partial charge in [0, 0.05) is 96.8 Å².